The first-order valence-electron chi connectivity index (χ1n) is 6.72. The van der Waals surface area contributed by atoms with Gasteiger partial charge in [0, 0.05) is 7.05 Å². The lowest BCUT2D eigenvalue weighted by Crippen LogP contribution is -2.31. The third-order valence-electron chi connectivity index (χ3n) is 2.97. The van der Waals surface area contributed by atoms with Crippen molar-refractivity contribution in [2.24, 2.45) is 0 Å². The zero-order chi connectivity index (χ0) is 16.8. The van der Waals surface area contributed by atoms with Crippen molar-refractivity contribution < 1.29 is 9.53 Å². The molecule has 2 aromatic rings. The molecular formula is C15H15Cl2N3O2S. The molecule has 1 aromatic heterocycles. The summed E-state index contributed by atoms with van der Waals surface area (Å²) >= 11 is 13.4. The number of rotatable bonds is 6. The smallest absolute Gasteiger partial charge is 0.274 e. The Balaban J connectivity index is 1.96. The highest BCUT2D eigenvalue weighted by Gasteiger charge is 2.18. The normalized spacial score (nSPS) is 10.4. The Morgan fingerprint density at radius 1 is 1.30 bits per heavy atom. The van der Waals surface area contributed by atoms with Crippen molar-refractivity contribution in [3.05, 3.63) is 46.2 Å². The van der Waals surface area contributed by atoms with Crippen LogP contribution in [0.25, 0.3) is 0 Å². The average Bonchev–Trinajstić information content (AvgIpc) is 2.56. The second kappa shape index (κ2) is 8.38. The van der Waals surface area contributed by atoms with Gasteiger partial charge >= 0.3 is 0 Å². The molecule has 0 saturated carbocycles. The SMILES string of the molecule is CSc1ncc(Cl)c(C(=O)N(C)CCOc2ccccc2Cl)n1. The molecule has 2 rings (SSSR count). The molecule has 1 heterocycles. The van der Waals surface area contributed by atoms with E-state index in [1.54, 1.807) is 19.2 Å². The van der Waals surface area contributed by atoms with Crippen LogP contribution in [0.5, 0.6) is 5.75 Å². The molecule has 0 aliphatic carbocycles. The number of carbonyl (C=O) groups excluding carboxylic acids is 1. The number of hydrogen-bond acceptors (Lipinski definition) is 5. The van der Waals surface area contributed by atoms with Crippen molar-refractivity contribution in [2.45, 2.75) is 5.16 Å². The van der Waals surface area contributed by atoms with E-state index in [-0.39, 0.29) is 16.6 Å². The first kappa shape index (κ1) is 17.8. The topological polar surface area (TPSA) is 55.3 Å². The monoisotopic (exact) mass is 371 g/mol. The minimum Gasteiger partial charge on any atom is -0.490 e. The summed E-state index contributed by atoms with van der Waals surface area (Å²) in [5, 5.41) is 1.26. The molecule has 0 unspecified atom stereocenters. The highest BCUT2D eigenvalue weighted by molar-refractivity contribution is 7.98. The number of nitrogens with zero attached hydrogens (tertiary/aromatic N) is 3. The van der Waals surface area contributed by atoms with Crippen molar-refractivity contribution in [1.82, 2.24) is 14.9 Å². The van der Waals surface area contributed by atoms with Crippen LogP contribution in [0.3, 0.4) is 0 Å². The molecule has 0 spiro atoms. The van der Waals surface area contributed by atoms with Crippen LogP contribution in [-0.4, -0.2) is 47.2 Å². The van der Waals surface area contributed by atoms with Crippen LogP contribution in [0.2, 0.25) is 10.0 Å². The van der Waals surface area contributed by atoms with E-state index in [2.05, 4.69) is 9.97 Å². The molecule has 5 nitrogen and oxygen atoms in total. The van der Waals surface area contributed by atoms with Crippen molar-refractivity contribution in [2.75, 3.05) is 26.5 Å². The summed E-state index contributed by atoms with van der Waals surface area (Å²) in [7, 11) is 1.66. The number of likely N-dealkylation sites (N-methyl/N-ethyl adjacent to an activating group) is 1. The Kier molecular flexibility index (Phi) is 6.50. The fraction of sp³-hybridized carbons (Fsp3) is 0.267. The average molecular weight is 372 g/mol. The number of ether oxygens (including phenoxy) is 1. The molecular weight excluding hydrogens is 357 g/mol. The summed E-state index contributed by atoms with van der Waals surface area (Å²) in [5.74, 6) is 0.301. The number of benzene rings is 1. The van der Waals surface area contributed by atoms with Gasteiger partial charge in [0.1, 0.15) is 12.4 Å². The van der Waals surface area contributed by atoms with Gasteiger partial charge in [0.05, 0.1) is 22.8 Å². The van der Waals surface area contributed by atoms with Gasteiger partial charge in [-0.3, -0.25) is 4.79 Å². The van der Waals surface area contributed by atoms with Crippen LogP contribution in [0, 0.1) is 0 Å². The van der Waals surface area contributed by atoms with E-state index < -0.39 is 0 Å². The molecule has 0 bridgehead atoms. The van der Waals surface area contributed by atoms with E-state index in [1.807, 2.05) is 18.4 Å². The van der Waals surface area contributed by atoms with E-state index in [1.165, 1.54) is 22.9 Å². The van der Waals surface area contributed by atoms with Crippen LogP contribution < -0.4 is 4.74 Å². The fourth-order valence-corrected chi connectivity index (χ4v) is 2.44. The van der Waals surface area contributed by atoms with Gasteiger partial charge in [-0.05, 0) is 18.4 Å². The van der Waals surface area contributed by atoms with Gasteiger partial charge in [-0.2, -0.15) is 0 Å². The third-order valence-corrected chi connectivity index (χ3v) is 4.13. The van der Waals surface area contributed by atoms with Crippen molar-refractivity contribution in [3.8, 4) is 5.75 Å². The Labute approximate surface area is 149 Å². The van der Waals surface area contributed by atoms with Gasteiger partial charge in [-0.15, -0.1) is 0 Å². The quantitative estimate of drug-likeness (QED) is 0.572. The maximum atomic E-state index is 12.4. The molecule has 0 aliphatic rings. The predicted molar refractivity (Wildman–Crippen MR) is 92.7 cm³/mol. The highest BCUT2D eigenvalue weighted by Crippen LogP contribution is 2.23. The van der Waals surface area contributed by atoms with Gasteiger partial charge in [0.15, 0.2) is 10.9 Å². The van der Waals surface area contributed by atoms with Crippen molar-refractivity contribution >= 4 is 40.9 Å². The van der Waals surface area contributed by atoms with E-state index in [0.29, 0.717) is 29.1 Å². The van der Waals surface area contributed by atoms with Crippen LogP contribution in [0.1, 0.15) is 10.5 Å². The molecule has 0 radical (unpaired) electrons. The zero-order valence-electron chi connectivity index (χ0n) is 12.6. The molecule has 0 aliphatic heterocycles. The number of amides is 1. The molecule has 0 atom stereocenters. The van der Waals surface area contributed by atoms with E-state index in [0.717, 1.165) is 0 Å². The molecule has 0 saturated heterocycles. The van der Waals surface area contributed by atoms with Gasteiger partial charge in [-0.1, -0.05) is 47.1 Å². The van der Waals surface area contributed by atoms with Crippen LogP contribution >= 0.6 is 35.0 Å². The molecule has 23 heavy (non-hydrogen) atoms. The zero-order valence-corrected chi connectivity index (χ0v) is 15.0. The lowest BCUT2D eigenvalue weighted by Gasteiger charge is -2.18. The number of hydrogen-bond donors (Lipinski definition) is 0. The van der Waals surface area contributed by atoms with Crippen LogP contribution in [0.4, 0.5) is 0 Å². The molecule has 0 fully saturated rings. The van der Waals surface area contributed by atoms with Gasteiger partial charge in [0.2, 0.25) is 0 Å². The maximum Gasteiger partial charge on any atom is 0.274 e. The summed E-state index contributed by atoms with van der Waals surface area (Å²) in [6, 6.07) is 7.18. The Morgan fingerprint density at radius 3 is 2.74 bits per heavy atom. The predicted octanol–water partition coefficient (Wildman–Crippen LogP) is 3.66. The minimum absolute atomic E-state index is 0.186. The largest absolute Gasteiger partial charge is 0.490 e. The fourth-order valence-electron chi connectivity index (χ4n) is 1.74. The molecule has 0 N–H and O–H groups in total. The van der Waals surface area contributed by atoms with Crippen LogP contribution in [0.15, 0.2) is 35.6 Å². The molecule has 1 aromatic carbocycles. The number of carbonyl (C=O) groups is 1. The van der Waals surface area contributed by atoms with E-state index >= 15 is 0 Å². The van der Waals surface area contributed by atoms with Crippen molar-refractivity contribution in [1.29, 1.82) is 0 Å². The lowest BCUT2D eigenvalue weighted by molar-refractivity contribution is 0.0767. The summed E-state index contributed by atoms with van der Waals surface area (Å²) in [5.41, 5.74) is 0.186. The summed E-state index contributed by atoms with van der Waals surface area (Å²) < 4.78 is 5.57. The van der Waals surface area contributed by atoms with E-state index in [4.69, 9.17) is 27.9 Å². The molecule has 1 amide bonds. The third kappa shape index (κ3) is 4.73. The van der Waals surface area contributed by atoms with E-state index in [9.17, 15) is 4.79 Å². The number of para-hydroxylation sites is 1. The Morgan fingerprint density at radius 2 is 2.04 bits per heavy atom. The Bertz CT molecular complexity index is 700. The molecule has 8 heteroatoms. The minimum atomic E-state index is -0.282. The number of halogens is 2. The second-order valence-corrected chi connectivity index (χ2v) is 6.15. The van der Waals surface area contributed by atoms with Gasteiger partial charge in [-0.25, -0.2) is 9.97 Å². The van der Waals surface area contributed by atoms with Crippen molar-refractivity contribution in [3.63, 3.8) is 0 Å². The number of thioether (sulfide) groups is 1. The lowest BCUT2D eigenvalue weighted by atomic mass is 10.3. The first-order valence-corrected chi connectivity index (χ1v) is 8.70. The first-order chi connectivity index (χ1) is 11.0. The van der Waals surface area contributed by atoms with Crippen LogP contribution in [-0.2, 0) is 0 Å². The maximum absolute atomic E-state index is 12.4. The standard InChI is InChI=1S/C15H15Cl2N3O2S/c1-20(7-8-22-12-6-4-3-5-10(12)16)14(21)13-11(17)9-18-15(19-13)23-2/h3-6,9H,7-8H2,1-2H3. The summed E-state index contributed by atoms with van der Waals surface area (Å²) in [6.45, 7) is 0.684. The summed E-state index contributed by atoms with van der Waals surface area (Å²) in [6.07, 6.45) is 3.26. The Hall–Kier alpha value is -1.50. The second-order valence-electron chi connectivity index (χ2n) is 4.56. The summed E-state index contributed by atoms with van der Waals surface area (Å²) in [4.78, 5) is 22.1. The highest BCUT2D eigenvalue weighted by atomic mass is 35.5. The van der Waals surface area contributed by atoms with Gasteiger partial charge < -0.3 is 9.64 Å². The molecule has 122 valence electrons. The number of aromatic nitrogens is 2. The van der Waals surface area contributed by atoms with Gasteiger partial charge in [0.25, 0.3) is 5.91 Å².